The highest BCUT2D eigenvalue weighted by atomic mass is 35.5. The molecule has 3 atom stereocenters. The van der Waals surface area contributed by atoms with Crippen LogP contribution in [-0.2, 0) is 15.6 Å². The van der Waals surface area contributed by atoms with E-state index in [1.54, 1.807) is 29.4 Å². The van der Waals surface area contributed by atoms with Crippen molar-refractivity contribution in [1.29, 1.82) is 0 Å². The lowest BCUT2D eigenvalue weighted by molar-refractivity contribution is -0.125. The molecular formula is C17H22Cl2N2O3S. The second kappa shape index (κ2) is 9.01. The molecule has 1 aromatic rings. The topological polar surface area (TPSA) is 66.5 Å². The van der Waals surface area contributed by atoms with Crippen molar-refractivity contribution in [3.63, 3.8) is 0 Å². The minimum atomic E-state index is -0.888. The molecule has 2 rings (SSSR count). The molecule has 25 heavy (non-hydrogen) atoms. The maximum atomic E-state index is 12.8. The van der Waals surface area contributed by atoms with Crippen LogP contribution in [0.1, 0.15) is 36.5 Å². The second-order valence-corrected chi connectivity index (χ2v) is 8.72. The van der Waals surface area contributed by atoms with Gasteiger partial charge < -0.3 is 10.2 Å². The van der Waals surface area contributed by atoms with Crippen LogP contribution in [0.5, 0.6) is 0 Å². The van der Waals surface area contributed by atoms with Crippen molar-refractivity contribution in [3.05, 3.63) is 33.8 Å². The van der Waals surface area contributed by atoms with Crippen LogP contribution in [0.2, 0.25) is 10.0 Å². The van der Waals surface area contributed by atoms with E-state index in [1.165, 1.54) is 0 Å². The summed E-state index contributed by atoms with van der Waals surface area (Å²) in [6.45, 7) is 2.40. The van der Waals surface area contributed by atoms with Crippen LogP contribution in [0, 0.1) is 0 Å². The zero-order valence-electron chi connectivity index (χ0n) is 14.3. The molecule has 0 aliphatic carbocycles. The summed E-state index contributed by atoms with van der Waals surface area (Å²) in [7, 11) is -0.888. The first-order valence-electron chi connectivity index (χ1n) is 8.15. The average Bonchev–Trinajstić information content (AvgIpc) is 3.00. The highest BCUT2D eigenvalue weighted by Gasteiger charge is 2.35. The zero-order valence-corrected chi connectivity index (χ0v) is 16.6. The number of benzene rings is 1. The van der Waals surface area contributed by atoms with E-state index in [-0.39, 0.29) is 17.9 Å². The van der Waals surface area contributed by atoms with E-state index >= 15 is 0 Å². The number of amides is 2. The summed E-state index contributed by atoms with van der Waals surface area (Å²) in [5, 5.41) is 3.69. The monoisotopic (exact) mass is 404 g/mol. The predicted molar refractivity (Wildman–Crippen MR) is 102 cm³/mol. The van der Waals surface area contributed by atoms with Crippen LogP contribution in [-0.4, -0.2) is 51.6 Å². The summed E-state index contributed by atoms with van der Waals surface area (Å²) >= 11 is 11.9. The molecule has 1 N–H and O–H groups in total. The minimum absolute atomic E-state index is 0.0884. The first-order valence-corrected chi connectivity index (χ1v) is 10.6. The first kappa shape index (κ1) is 20.2. The number of likely N-dealkylation sites (tertiary alicyclic amines) is 1. The molecule has 1 aliphatic rings. The van der Waals surface area contributed by atoms with E-state index in [9.17, 15) is 13.8 Å². The van der Waals surface area contributed by atoms with E-state index in [0.717, 1.165) is 6.42 Å². The van der Waals surface area contributed by atoms with E-state index in [0.29, 0.717) is 40.7 Å². The molecule has 0 unspecified atom stereocenters. The van der Waals surface area contributed by atoms with Gasteiger partial charge in [0, 0.05) is 51.0 Å². The van der Waals surface area contributed by atoms with Gasteiger partial charge in [0.05, 0.1) is 0 Å². The molecule has 5 nitrogen and oxygen atoms in total. The summed E-state index contributed by atoms with van der Waals surface area (Å²) in [6, 6.07) is 4.09. The van der Waals surface area contributed by atoms with Crippen LogP contribution < -0.4 is 5.32 Å². The first-order chi connectivity index (χ1) is 11.8. The molecule has 0 aromatic heterocycles. The lowest BCUT2D eigenvalue weighted by Crippen LogP contribution is -2.48. The quantitative estimate of drug-likeness (QED) is 0.792. The molecule has 0 spiro atoms. The van der Waals surface area contributed by atoms with Crippen LogP contribution >= 0.6 is 23.2 Å². The van der Waals surface area contributed by atoms with Gasteiger partial charge in [-0.25, -0.2) is 0 Å². The number of hydrogen-bond acceptors (Lipinski definition) is 3. The molecule has 1 saturated heterocycles. The lowest BCUT2D eigenvalue weighted by atomic mass is 10.1. The number of carbonyl (C=O) groups is 2. The van der Waals surface area contributed by atoms with Crippen molar-refractivity contribution in [2.24, 2.45) is 0 Å². The number of nitrogens with one attached hydrogen (secondary N) is 1. The highest BCUT2D eigenvalue weighted by molar-refractivity contribution is 7.84. The average molecular weight is 405 g/mol. The van der Waals surface area contributed by atoms with Crippen molar-refractivity contribution >= 4 is 45.8 Å². The molecular weight excluding hydrogens is 383 g/mol. The Morgan fingerprint density at radius 2 is 1.96 bits per heavy atom. The van der Waals surface area contributed by atoms with E-state index in [4.69, 9.17) is 23.2 Å². The van der Waals surface area contributed by atoms with Gasteiger partial charge in [-0.05, 0) is 44.4 Å². The molecule has 1 heterocycles. The van der Waals surface area contributed by atoms with Crippen LogP contribution in [0.15, 0.2) is 18.2 Å². The fourth-order valence-corrected chi connectivity index (χ4v) is 4.09. The molecule has 1 fully saturated rings. The summed E-state index contributed by atoms with van der Waals surface area (Å²) in [6.07, 6.45) is 3.67. The Morgan fingerprint density at radius 1 is 1.32 bits per heavy atom. The fourth-order valence-electron chi connectivity index (χ4n) is 2.88. The van der Waals surface area contributed by atoms with Gasteiger partial charge in [0.25, 0.3) is 5.91 Å². The third-order valence-corrected chi connectivity index (χ3v) is 5.40. The third kappa shape index (κ3) is 5.69. The Bertz CT molecular complexity index is 664. The SMILES string of the molecule is C[C@H](CC[S@](C)=O)NC(=O)[C@H]1CCCN1C(=O)c1cc(Cl)cc(Cl)c1. The maximum Gasteiger partial charge on any atom is 0.254 e. The summed E-state index contributed by atoms with van der Waals surface area (Å²) in [5.41, 5.74) is 0.381. The molecule has 0 bridgehead atoms. The van der Waals surface area contributed by atoms with Crippen LogP contribution in [0.25, 0.3) is 0 Å². The fraction of sp³-hybridized carbons (Fsp3) is 0.529. The van der Waals surface area contributed by atoms with Gasteiger partial charge >= 0.3 is 0 Å². The van der Waals surface area contributed by atoms with Crippen molar-refractivity contribution in [3.8, 4) is 0 Å². The summed E-state index contributed by atoms with van der Waals surface area (Å²) < 4.78 is 11.2. The number of hydrogen-bond donors (Lipinski definition) is 1. The maximum absolute atomic E-state index is 12.8. The van der Waals surface area contributed by atoms with Gasteiger partial charge in [-0.1, -0.05) is 23.2 Å². The van der Waals surface area contributed by atoms with Gasteiger partial charge in [0.2, 0.25) is 5.91 Å². The third-order valence-electron chi connectivity index (χ3n) is 4.15. The Balaban J connectivity index is 2.04. The molecule has 138 valence electrons. The van der Waals surface area contributed by atoms with Crippen LogP contribution in [0.3, 0.4) is 0 Å². The van der Waals surface area contributed by atoms with E-state index in [2.05, 4.69) is 5.32 Å². The predicted octanol–water partition coefficient (Wildman–Crippen LogP) is 2.87. The molecule has 8 heteroatoms. The Hall–Kier alpha value is -1.11. The minimum Gasteiger partial charge on any atom is -0.352 e. The molecule has 1 aromatic carbocycles. The van der Waals surface area contributed by atoms with Crippen LogP contribution in [0.4, 0.5) is 0 Å². The Labute approximate surface area is 160 Å². The van der Waals surface area contributed by atoms with E-state index < -0.39 is 16.8 Å². The van der Waals surface area contributed by atoms with Gasteiger partial charge in [0.15, 0.2) is 0 Å². The van der Waals surface area contributed by atoms with Crippen molar-refractivity contribution < 1.29 is 13.8 Å². The van der Waals surface area contributed by atoms with Gasteiger partial charge in [0.1, 0.15) is 6.04 Å². The summed E-state index contributed by atoms with van der Waals surface area (Å²) in [4.78, 5) is 26.9. The number of carbonyl (C=O) groups excluding carboxylic acids is 2. The van der Waals surface area contributed by atoms with E-state index in [1.807, 2.05) is 6.92 Å². The molecule has 2 amide bonds. The molecule has 0 saturated carbocycles. The largest absolute Gasteiger partial charge is 0.352 e. The standard InChI is InChI=1S/C17H22Cl2N2O3S/c1-11(5-7-25(2)24)20-16(22)15-4-3-6-21(15)17(23)12-8-13(18)10-14(19)9-12/h8-11,15H,3-7H2,1-2H3,(H,20,22)/t11-,15-,25+/m1/s1. The normalized spacial score (nSPS) is 19.5. The molecule has 1 aliphatic heterocycles. The number of rotatable bonds is 6. The van der Waals surface area contributed by atoms with Gasteiger partial charge in [-0.2, -0.15) is 0 Å². The number of nitrogens with zero attached hydrogens (tertiary/aromatic N) is 1. The van der Waals surface area contributed by atoms with Gasteiger partial charge in [-0.3, -0.25) is 13.8 Å². The lowest BCUT2D eigenvalue weighted by Gasteiger charge is -2.25. The van der Waals surface area contributed by atoms with Crippen molar-refractivity contribution in [2.75, 3.05) is 18.6 Å². The number of halogens is 2. The second-order valence-electron chi connectivity index (χ2n) is 6.29. The molecule has 0 radical (unpaired) electrons. The van der Waals surface area contributed by atoms with Gasteiger partial charge in [-0.15, -0.1) is 0 Å². The Kier molecular flexibility index (Phi) is 7.28. The van der Waals surface area contributed by atoms with Crippen molar-refractivity contribution in [2.45, 2.75) is 38.3 Å². The van der Waals surface area contributed by atoms with Crippen molar-refractivity contribution in [1.82, 2.24) is 10.2 Å². The zero-order chi connectivity index (χ0) is 18.6. The Morgan fingerprint density at radius 3 is 2.56 bits per heavy atom. The summed E-state index contributed by atoms with van der Waals surface area (Å²) in [5.74, 6) is 0.119. The smallest absolute Gasteiger partial charge is 0.254 e. The highest BCUT2D eigenvalue weighted by Crippen LogP contribution is 2.24.